The van der Waals surface area contributed by atoms with Crippen LogP contribution in [0.1, 0.15) is 64.7 Å². The average molecular weight is 427 g/mol. The summed E-state index contributed by atoms with van der Waals surface area (Å²) in [4.78, 5) is 0. The molecule has 0 amide bonds. The van der Waals surface area contributed by atoms with Crippen LogP contribution in [0.4, 0.5) is 0 Å². The van der Waals surface area contributed by atoms with Crippen molar-refractivity contribution in [3.05, 3.63) is 47.2 Å². The van der Waals surface area contributed by atoms with Gasteiger partial charge in [-0.3, -0.25) is 0 Å². The van der Waals surface area contributed by atoms with Crippen molar-refractivity contribution >= 4 is 17.7 Å². The summed E-state index contributed by atoms with van der Waals surface area (Å²) >= 11 is -2.01. The van der Waals surface area contributed by atoms with Crippen molar-refractivity contribution < 1.29 is 4.57 Å². The molecule has 0 saturated heterocycles. The second-order valence-electron chi connectivity index (χ2n) is 10.9. The molecule has 148 valence electrons. The summed E-state index contributed by atoms with van der Waals surface area (Å²) in [5, 5.41) is 0. The summed E-state index contributed by atoms with van der Waals surface area (Å²) in [6.07, 6.45) is 3.58. The zero-order valence-corrected chi connectivity index (χ0v) is 21.6. The van der Waals surface area contributed by atoms with E-state index in [0.717, 1.165) is 6.42 Å². The minimum atomic E-state index is -2.01. The second-order valence-corrected chi connectivity index (χ2v) is 21.4. The van der Waals surface area contributed by atoms with Crippen molar-refractivity contribution in [2.45, 2.75) is 83.0 Å². The molecule has 0 unspecified atom stereocenters. The Hall–Kier alpha value is -1.09. The maximum atomic E-state index is 2.52. The van der Waals surface area contributed by atoms with Gasteiger partial charge in [0, 0.05) is 0 Å². The van der Waals surface area contributed by atoms with Gasteiger partial charge in [0.05, 0.1) is 0 Å². The number of hydrogen-bond donors (Lipinski definition) is 0. The van der Waals surface area contributed by atoms with Crippen LogP contribution in [-0.4, -0.2) is 13.3 Å². The Morgan fingerprint density at radius 3 is 2.00 bits per heavy atom. The standard InChI is InChI=1S/C25H40GeN/c1-12-25(6,7)21-17-27(11)23(16-22(21)26(8,9)10)20-14-13-19(15-18(20)2)24(3,4)5/h13-17H,12H2,1-11H3/q+1. The molecule has 0 aliphatic rings. The summed E-state index contributed by atoms with van der Waals surface area (Å²) in [7, 11) is 2.21. The Morgan fingerprint density at radius 1 is 0.963 bits per heavy atom. The van der Waals surface area contributed by atoms with Gasteiger partial charge in [-0.15, -0.1) is 0 Å². The first-order valence-corrected chi connectivity index (χ1v) is 17.7. The van der Waals surface area contributed by atoms with E-state index >= 15 is 0 Å². The molecule has 0 N–H and O–H groups in total. The van der Waals surface area contributed by atoms with Gasteiger partial charge in [0.25, 0.3) is 0 Å². The number of aryl methyl sites for hydroxylation is 2. The maximum absolute atomic E-state index is 2.52. The van der Waals surface area contributed by atoms with Crippen LogP contribution < -0.4 is 8.96 Å². The van der Waals surface area contributed by atoms with E-state index in [4.69, 9.17) is 0 Å². The van der Waals surface area contributed by atoms with Gasteiger partial charge in [-0.2, -0.15) is 0 Å². The van der Waals surface area contributed by atoms with Gasteiger partial charge in [0.2, 0.25) is 0 Å². The Kier molecular flexibility index (Phi) is 6.08. The monoisotopic (exact) mass is 428 g/mol. The Bertz CT molecular complexity index is 833. The third-order valence-corrected chi connectivity index (χ3v) is 10.3. The number of benzene rings is 1. The first kappa shape index (κ1) is 22.2. The quantitative estimate of drug-likeness (QED) is 0.415. The molecule has 0 aliphatic heterocycles. The number of pyridine rings is 1. The van der Waals surface area contributed by atoms with Crippen LogP contribution in [0.2, 0.25) is 17.3 Å². The Morgan fingerprint density at radius 2 is 1.56 bits per heavy atom. The fourth-order valence-electron chi connectivity index (χ4n) is 3.68. The molecule has 2 heteroatoms. The number of nitrogens with zero attached hydrogens (tertiary/aromatic N) is 1. The van der Waals surface area contributed by atoms with E-state index in [2.05, 4.69) is 108 Å². The summed E-state index contributed by atoms with van der Waals surface area (Å²) in [5.41, 5.74) is 7.43. The molecule has 0 radical (unpaired) electrons. The van der Waals surface area contributed by atoms with Crippen molar-refractivity contribution in [3.8, 4) is 11.3 Å². The molecule has 27 heavy (non-hydrogen) atoms. The summed E-state index contributed by atoms with van der Waals surface area (Å²) in [6.45, 7) is 16.2. The molecule has 1 heterocycles. The summed E-state index contributed by atoms with van der Waals surface area (Å²) < 4.78 is 4.00. The van der Waals surface area contributed by atoms with E-state index in [0.29, 0.717) is 0 Å². The molecule has 0 aliphatic carbocycles. The van der Waals surface area contributed by atoms with Crippen molar-refractivity contribution in [2.24, 2.45) is 7.05 Å². The SMILES string of the molecule is CCC(C)(C)c1c[n+](C)c(-c2ccc(C(C)(C)C)cc2C)c[c]1[Ge]([CH3])([CH3])[CH3]. The third kappa shape index (κ3) is 4.67. The average Bonchev–Trinajstić information content (AvgIpc) is 2.53. The molecule has 1 aromatic carbocycles. The molecule has 0 saturated carbocycles. The third-order valence-electron chi connectivity index (χ3n) is 6.06. The van der Waals surface area contributed by atoms with Crippen LogP contribution in [0.3, 0.4) is 0 Å². The fraction of sp³-hybridized carbons (Fsp3) is 0.560. The minimum absolute atomic E-state index is 0.187. The van der Waals surface area contributed by atoms with Crippen molar-refractivity contribution in [1.82, 2.24) is 0 Å². The zero-order valence-electron chi connectivity index (χ0n) is 19.5. The molecule has 2 aromatic rings. The van der Waals surface area contributed by atoms with Gasteiger partial charge < -0.3 is 0 Å². The Labute approximate surface area is 170 Å². The fourth-order valence-corrected chi connectivity index (χ4v) is 7.42. The van der Waals surface area contributed by atoms with Crippen molar-refractivity contribution in [3.63, 3.8) is 0 Å². The predicted molar refractivity (Wildman–Crippen MR) is 123 cm³/mol. The van der Waals surface area contributed by atoms with Crippen LogP contribution in [0.5, 0.6) is 0 Å². The predicted octanol–water partition coefficient (Wildman–Crippen LogP) is 6.02. The molecule has 0 spiro atoms. The van der Waals surface area contributed by atoms with Crippen molar-refractivity contribution in [2.75, 3.05) is 0 Å². The van der Waals surface area contributed by atoms with E-state index in [1.165, 1.54) is 22.4 Å². The van der Waals surface area contributed by atoms with E-state index in [1.807, 2.05) is 0 Å². The molecular formula is C25H40GeN+. The van der Waals surface area contributed by atoms with Crippen LogP contribution in [-0.2, 0) is 17.9 Å². The van der Waals surface area contributed by atoms with Crippen molar-refractivity contribution in [1.29, 1.82) is 0 Å². The van der Waals surface area contributed by atoms with Gasteiger partial charge in [-0.25, -0.2) is 0 Å². The molecule has 1 aromatic heterocycles. The molecule has 0 atom stereocenters. The molecular weight excluding hydrogens is 387 g/mol. The van der Waals surface area contributed by atoms with Crippen LogP contribution in [0.25, 0.3) is 11.3 Å². The van der Waals surface area contributed by atoms with Gasteiger partial charge in [0.1, 0.15) is 0 Å². The summed E-state index contributed by atoms with van der Waals surface area (Å²) in [5.74, 6) is 7.55. The molecule has 2 rings (SSSR count). The first-order valence-electron chi connectivity index (χ1n) is 10.3. The molecule has 0 fully saturated rings. The number of aromatic nitrogens is 1. The normalized spacial score (nSPS) is 13.1. The van der Waals surface area contributed by atoms with E-state index in [1.54, 1.807) is 9.96 Å². The van der Waals surface area contributed by atoms with E-state index < -0.39 is 13.3 Å². The van der Waals surface area contributed by atoms with Gasteiger partial charge >= 0.3 is 171 Å². The van der Waals surface area contributed by atoms with Crippen LogP contribution in [0.15, 0.2) is 30.5 Å². The topological polar surface area (TPSA) is 3.88 Å². The Balaban J connectivity index is 2.73. The van der Waals surface area contributed by atoms with E-state index in [9.17, 15) is 0 Å². The molecule has 0 bridgehead atoms. The van der Waals surface area contributed by atoms with Gasteiger partial charge in [-0.05, 0) is 0 Å². The van der Waals surface area contributed by atoms with Gasteiger partial charge in [0.15, 0.2) is 0 Å². The second kappa shape index (κ2) is 7.39. The zero-order chi connectivity index (χ0) is 20.8. The summed E-state index contributed by atoms with van der Waals surface area (Å²) in [6, 6.07) is 9.53. The van der Waals surface area contributed by atoms with E-state index in [-0.39, 0.29) is 10.8 Å². The number of hydrogen-bond acceptors (Lipinski definition) is 0. The number of rotatable bonds is 4. The van der Waals surface area contributed by atoms with Gasteiger partial charge in [-0.1, -0.05) is 0 Å². The first-order chi connectivity index (χ1) is 12.2. The molecule has 1 nitrogen and oxygen atoms in total. The van der Waals surface area contributed by atoms with Crippen LogP contribution >= 0.6 is 0 Å². The van der Waals surface area contributed by atoms with Crippen LogP contribution in [0, 0.1) is 6.92 Å².